The van der Waals surface area contributed by atoms with Crippen molar-refractivity contribution >= 4 is 0 Å². The van der Waals surface area contributed by atoms with Crippen molar-refractivity contribution in [3.05, 3.63) is 0 Å². The van der Waals surface area contributed by atoms with Gasteiger partial charge in [-0.3, -0.25) is 0 Å². The van der Waals surface area contributed by atoms with Gasteiger partial charge in [0.1, 0.15) is 0 Å². The van der Waals surface area contributed by atoms with Gasteiger partial charge in [-0.05, 0) is 43.4 Å². The molecule has 2 N–H and O–H groups in total. The predicted octanol–water partition coefficient (Wildman–Crippen LogP) is 2.58. The first-order valence-corrected chi connectivity index (χ1v) is 7.05. The minimum Gasteiger partial charge on any atom is -0.392 e. The molecule has 0 aromatic heterocycles. The summed E-state index contributed by atoms with van der Waals surface area (Å²) in [7, 11) is 0. The van der Waals surface area contributed by atoms with Crippen molar-refractivity contribution in [1.82, 2.24) is 0 Å². The molecule has 94 valence electrons. The molecule has 2 aliphatic rings. The van der Waals surface area contributed by atoms with Crippen LogP contribution in [0.5, 0.6) is 0 Å². The molecule has 2 heteroatoms. The molecule has 0 aromatic rings. The van der Waals surface area contributed by atoms with E-state index in [4.69, 9.17) is 0 Å². The number of aliphatic hydroxyl groups excluding tert-OH is 2. The fourth-order valence-corrected chi connectivity index (χ4v) is 4.17. The summed E-state index contributed by atoms with van der Waals surface area (Å²) in [5, 5.41) is 20.6. The van der Waals surface area contributed by atoms with Crippen LogP contribution in [-0.2, 0) is 0 Å². The van der Waals surface area contributed by atoms with Gasteiger partial charge < -0.3 is 10.2 Å². The molecule has 2 rings (SSSR count). The van der Waals surface area contributed by atoms with E-state index in [0.717, 1.165) is 38.5 Å². The summed E-state index contributed by atoms with van der Waals surface area (Å²) in [6.45, 7) is 4.36. The normalized spacial score (nSPS) is 47.2. The summed E-state index contributed by atoms with van der Waals surface area (Å²) in [6.07, 6.45) is 6.38. The molecule has 0 bridgehead atoms. The largest absolute Gasteiger partial charge is 0.392 e. The summed E-state index contributed by atoms with van der Waals surface area (Å²) in [5.74, 6) is 1.70. The van der Waals surface area contributed by atoms with Crippen molar-refractivity contribution in [2.75, 3.05) is 0 Å². The van der Waals surface area contributed by atoms with Crippen LogP contribution in [0.15, 0.2) is 0 Å². The molecule has 0 saturated heterocycles. The SMILES string of the molecule is CCC[C@H]1CC2C[C@H](CCC)C(O)C2C1O. The second kappa shape index (κ2) is 5.05. The first-order valence-electron chi connectivity index (χ1n) is 7.05. The van der Waals surface area contributed by atoms with E-state index in [2.05, 4.69) is 13.8 Å². The van der Waals surface area contributed by atoms with Crippen LogP contribution in [0.4, 0.5) is 0 Å². The average Bonchev–Trinajstić information content (AvgIpc) is 2.70. The zero-order valence-corrected chi connectivity index (χ0v) is 10.6. The van der Waals surface area contributed by atoms with E-state index in [0.29, 0.717) is 17.8 Å². The summed E-state index contributed by atoms with van der Waals surface area (Å²) < 4.78 is 0. The van der Waals surface area contributed by atoms with E-state index in [9.17, 15) is 10.2 Å². The van der Waals surface area contributed by atoms with Crippen LogP contribution in [0.25, 0.3) is 0 Å². The van der Waals surface area contributed by atoms with Gasteiger partial charge in [0.25, 0.3) is 0 Å². The van der Waals surface area contributed by atoms with Gasteiger partial charge in [-0.1, -0.05) is 26.7 Å². The molecule has 2 nitrogen and oxygen atoms in total. The molecule has 16 heavy (non-hydrogen) atoms. The smallest absolute Gasteiger partial charge is 0.0624 e. The molecule has 0 aromatic carbocycles. The van der Waals surface area contributed by atoms with E-state index in [-0.39, 0.29) is 18.1 Å². The molecule has 0 spiro atoms. The Morgan fingerprint density at radius 2 is 1.31 bits per heavy atom. The third kappa shape index (κ3) is 2.02. The van der Waals surface area contributed by atoms with Crippen LogP contribution in [0, 0.1) is 23.7 Å². The van der Waals surface area contributed by atoms with Gasteiger partial charge in [0.05, 0.1) is 12.2 Å². The maximum Gasteiger partial charge on any atom is 0.0624 e. The lowest BCUT2D eigenvalue weighted by molar-refractivity contribution is 0.00137. The highest BCUT2D eigenvalue weighted by Gasteiger charge is 2.52. The van der Waals surface area contributed by atoms with Gasteiger partial charge in [0, 0.05) is 5.92 Å². The fraction of sp³-hybridized carbons (Fsp3) is 1.00. The highest BCUT2D eigenvalue weighted by molar-refractivity contribution is 5.01. The standard InChI is InChI=1S/C14H26O2/c1-3-5-9-7-11-8-10(6-4-2)14(16)12(11)13(9)15/h9-16H,3-8H2,1-2H3/t9-,10-,11?,12?,13?,14?/m0/s1. The number of rotatable bonds is 4. The number of hydrogen-bond acceptors (Lipinski definition) is 2. The Kier molecular flexibility index (Phi) is 3.91. The number of hydrogen-bond donors (Lipinski definition) is 2. The van der Waals surface area contributed by atoms with Crippen molar-refractivity contribution in [2.45, 2.75) is 64.6 Å². The number of fused-ring (bicyclic) bond motifs is 1. The first-order chi connectivity index (χ1) is 7.69. The molecule has 0 amide bonds. The van der Waals surface area contributed by atoms with Crippen molar-refractivity contribution in [3.63, 3.8) is 0 Å². The molecule has 0 aliphatic heterocycles. The Labute approximate surface area is 99.1 Å². The first kappa shape index (κ1) is 12.4. The minimum atomic E-state index is -0.234. The lowest BCUT2D eigenvalue weighted by Crippen LogP contribution is -2.32. The maximum atomic E-state index is 10.3. The van der Waals surface area contributed by atoms with Crippen LogP contribution in [-0.4, -0.2) is 22.4 Å². The quantitative estimate of drug-likeness (QED) is 0.773. The zero-order valence-electron chi connectivity index (χ0n) is 10.6. The fourth-order valence-electron chi connectivity index (χ4n) is 4.17. The number of aliphatic hydroxyl groups is 2. The van der Waals surface area contributed by atoms with Gasteiger partial charge in [-0.2, -0.15) is 0 Å². The Morgan fingerprint density at radius 3 is 1.62 bits per heavy atom. The lowest BCUT2D eigenvalue weighted by atomic mass is 9.89. The third-order valence-corrected chi connectivity index (χ3v) is 4.83. The minimum absolute atomic E-state index is 0.188. The van der Waals surface area contributed by atoms with Crippen LogP contribution in [0.3, 0.4) is 0 Å². The van der Waals surface area contributed by atoms with Gasteiger partial charge in [0.15, 0.2) is 0 Å². The topological polar surface area (TPSA) is 40.5 Å². The second-order valence-corrected chi connectivity index (χ2v) is 5.89. The molecule has 2 fully saturated rings. The summed E-state index contributed by atoms with van der Waals surface area (Å²) in [4.78, 5) is 0. The van der Waals surface area contributed by atoms with Crippen molar-refractivity contribution in [3.8, 4) is 0 Å². The van der Waals surface area contributed by atoms with Gasteiger partial charge in [-0.15, -0.1) is 0 Å². The van der Waals surface area contributed by atoms with E-state index in [1.807, 2.05) is 0 Å². The summed E-state index contributed by atoms with van der Waals surface area (Å²) in [5.41, 5.74) is 0. The third-order valence-electron chi connectivity index (χ3n) is 4.83. The van der Waals surface area contributed by atoms with Crippen LogP contribution in [0.1, 0.15) is 52.4 Å². The monoisotopic (exact) mass is 226 g/mol. The lowest BCUT2D eigenvalue weighted by Gasteiger charge is -2.24. The second-order valence-electron chi connectivity index (χ2n) is 5.89. The maximum absolute atomic E-state index is 10.3. The molecule has 2 aliphatic carbocycles. The van der Waals surface area contributed by atoms with Crippen molar-refractivity contribution in [2.24, 2.45) is 23.7 Å². The van der Waals surface area contributed by atoms with E-state index >= 15 is 0 Å². The molecular weight excluding hydrogens is 200 g/mol. The molecule has 2 saturated carbocycles. The molecule has 2 unspecified atom stereocenters. The van der Waals surface area contributed by atoms with E-state index in [1.54, 1.807) is 0 Å². The van der Waals surface area contributed by atoms with Crippen molar-refractivity contribution < 1.29 is 10.2 Å². The van der Waals surface area contributed by atoms with Gasteiger partial charge in [-0.25, -0.2) is 0 Å². The van der Waals surface area contributed by atoms with Gasteiger partial charge in [0.2, 0.25) is 0 Å². The Bertz CT molecular complexity index is 207. The molecule has 4 atom stereocenters. The molecular formula is C14H26O2. The van der Waals surface area contributed by atoms with Crippen LogP contribution in [0.2, 0.25) is 0 Å². The highest BCUT2D eigenvalue weighted by atomic mass is 16.3. The van der Waals surface area contributed by atoms with E-state index < -0.39 is 0 Å². The van der Waals surface area contributed by atoms with Crippen LogP contribution >= 0.6 is 0 Å². The summed E-state index contributed by atoms with van der Waals surface area (Å²) >= 11 is 0. The Balaban J connectivity index is 1.98. The summed E-state index contributed by atoms with van der Waals surface area (Å²) in [6, 6.07) is 0. The molecule has 0 radical (unpaired) electrons. The van der Waals surface area contributed by atoms with Gasteiger partial charge >= 0.3 is 0 Å². The van der Waals surface area contributed by atoms with E-state index in [1.165, 1.54) is 0 Å². The highest BCUT2D eigenvalue weighted by Crippen LogP contribution is 2.51. The average molecular weight is 226 g/mol. The van der Waals surface area contributed by atoms with Crippen molar-refractivity contribution in [1.29, 1.82) is 0 Å². The predicted molar refractivity (Wildman–Crippen MR) is 65.0 cm³/mol. The molecule has 0 heterocycles. The zero-order chi connectivity index (χ0) is 11.7. The Morgan fingerprint density at radius 1 is 0.875 bits per heavy atom. The Hall–Kier alpha value is -0.0800. The van der Waals surface area contributed by atoms with Crippen LogP contribution < -0.4 is 0 Å².